The standard InChI is InChI=1S/C13H12N4/c1-2-11-16-12(14)9-7-8-5-3-4-6-10(8)15-13(9)17-11/h3-7H,2H2,1H3,(H2,14,15,16,17). The molecule has 0 atom stereocenters. The smallest absolute Gasteiger partial charge is 0.165 e. The predicted molar refractivity (Wildman–Crippen MR) is 68.6 cm³/mol. The Labute approximate surface area is 98.5 Å². The number of nitrogens with two attached hydrogens (primary N) is 1. The van der Waals surface area contributed by atoms with Crippen molar-refractivity contribution in [2.24, 2.45) is 0 Å². The van der Waals surface area contributed by atoms with Crippen LogP contribution in [-0.2, 0) is 6.42 Å². The molecule has 0 spiro atoms. The maximum atomic E-state index is 5.93. The molecule has 0 bridgehead atoms. The molecule has 0 amide bonds. The van der Waals surface area contributed by atoms with Crippen molar-refractivity contribution in [1.82, 2.24) is 15.0 Å². The van der Waals surface area contributed by atoms with Gasteiger partial charge >= 0.3 is 0 Å². The number of pyridine rings is 1. The van der Waals surface area contributed by atoms with Crippen LogP contribution in [0.2, 0.25) is 0 Å². The Kier molecular flexibility index (Phi) is 2.14. The highest BCUT2D eigenvalue weighted by Gasteiger charge is 2.06. The Morgan fingerprint density at radius 2 is 1.94 bits per heavy atom. The summed E-state index contributed by atoms with van der Waals surface area (Å²) in [5.41, 5.74) is 7.54. The van der Waals surface area contributed by atoms with Crippen molar-refractivity contribution >= 4 is 27.8 Å². The van der Waals surface area contributed by atoms with Gasteiger partial charge in [-0.25, -0.2) is 15.0 Å². The van der Waals surface area contributed by atoms with E-state index in [9.17, 15) is 0 Å². The first-order valence-corrected chi connectivity index (χ1v) is 5.60. The number of benzene rings is 1. The van der Waals surface area contributed by atoms with Crippen molar-refractivity contribution in [2.45, 2.75) is 13.3 Å². The van der Waals surface area contributed by atoms with Crippen molar-refractivity contribution in [3.05, 3.63) is 36.2 Å². The van der Waals surface area contributed by atoms with Gasteiger partial charge in [0.05, 0.1) is 10.9 Å². The van der Waals surface area contributed by atoms with E-state index in [1.807, 2.05) is 37.3 Å². The minimum Gasteiger partial charge on any atom is -0.383 e. The zero-order valence-corrected chi connectivity index (χ0v) is 9.51. The van der Waals surface area contributed by atoms with Crippen LogP contribution in [0, 0.1) is 0 Å². The van der Waals surface area contributed by atoms with Crippen LogP contribution in [0.25, 0.3) is 21.9 Å². The van der Waals surface area contributed by atoms with E-state index >= 15 is 0 Å². The third-order valence-electron chi connectivity index (χ3n) is 2.78. The van der Waals surface area contributed by atoms with Gasteiger partial charge in [0, 0.05) is 11.8 Å². The van der Waals surface area contributed by atoms with Crippen LogP contribution in [0.4, 0.5) is 5.82 Å². The molecule has 2 heterocycles. The molecular formula is C13H12N4. The lowest BCUT2D eigenvalue weighted by Gasteiger charge is -2.04. The first kappa shape index (κ1) is 9.96. The summed E-state index contributed by atoms with van der Waals surface area (Å²) in [6.07, 6.45) is 0.759. The molecule has 84 valence electrons. The number of para-hydroxylation sites is 1. The molecule has 0 fully saturated rings. The van der Waals surface area contributed by atoms with Gasteiger partial charge in [-0.05, 0) is 12.1 Å². The van der Waals surface area contributed by atoms with Crippen LogP contribution in [0.1, 0.15) is 12.7 Å². The molecule has 3 rings (SSSR count). The Morgan fingerprint density at radius 3 is 2.76 bits per heavy atom. The monoisotopic (exact) mass is 224 g/mol. The lowest BCUT2D eigenvalue weighted by atomic mass is 10.2. The maximum absolute atomic E-state index is 5.93. The molecule has 1 aromatic carbocycles. The number of fused-ring (bicyclic) bond motifs is 2. The number of aryl methyl sites for hydroxylation is 1. The summed E-state index contributed by atoms with van der Waals surface area (Å²) < 4.78 is 0. The number of nitrogens with zero attached hydrogens (tertiary/aromatic N) is 3. The normalized spacial score (nSPS) is 11.1. The molecule has 0 radical (unpaired) electrons. The van der Waals surface area contributed by atoms with E-state index in [0.29, 0.717) is 11.5 Å². The lowest BCUT2D eigenvalue weighted by molar-refractivity contribution is 0.960. The Bertz CT molecular complexity index is 706. The van der Waals surface area contributed by atoms with E-state index in [4.69, 9.17) is 5.73 Å². The topological polar surface area (TPSA) is 64.7 Å². The number of anilines is 1. The van der Waals surface area contributed by atoms with Gasteiger partial charge < -0.3 is 5.73 Å². The molecule has 0 saturated heterocycles. The highest BCUT2D eigenvalue weighted by molar-refractivity contribution is 5.95. The molecule has 0 aliphatic carbocycles. The van der Waals surface area contributed by atoms with Gasteiger partial charge in [0.15, 0.2) is 5.65 Å². The summed E-state index contributed by atoms with van der Waals surface area (Å²) in [5.74, 6) is 1.24. The number of aromatic nitrogens is 3. The van der Waals surface area contributed by atoms with Crippen molar-refractivity contribution in [3.63, 3.8) is 0 Å². The fraction of sp³-hybridized carbons (Fsp3) is 0.154. The quantitative estimate of drug-likeness (QED) is 0.644. The zero-order chi connectivity index (χ0) is 11.8. The average molecular weight is 224 g/mol. The van der Waals surface area contributed by atoms with Crippen molar-refractivity contribution < 1.29 is 0 Å². The number of nitrogen functional groups attached to an aromatic ring is 1. The third kappa shape index (κ3) is 1.58. The van der Waals surface area contributed by atoms with Crippen molar-refractivity contribution in [2.75, 3.05) is 5.73 Å². The van der Waals surface area contributed by atoms with E-state index in [2.05, 4.69) is 15.0 Å². The van der Waals surface area contributed by atoms with E-state index in [1.54, 1.807) is 0 Å². The Hall–Kier alpha value is -2.23. The van der Waals surface area contributed by atoms with Gasteiger partial charge in [-0.3, -0.25) is 0 Å². The van der Waals surface area contributed by atoms with Crippen molar-refractivity contribution in [1.29, 1.82) is 0 Å². The largest absolute Gasteiger partial charge is 0.383 e. The van der Waals surface area contributed by atoms with Crippen LogP contribution in [0.5, 0.6) is 0 Å². The molecule has 3 aromatic rings. The zero-order valence-electron chi connectivity index (χ0n) is 9.51. The molecule has 4 heteroatoms. The average Bonchev–Trinajstić information content (AvgIpc) is 2.36. The summed E-state index contributed by atoms with van der Waals surface area (Å²) >= 11 is 0. The fourth-order valence-electron chi connectivity index (χ4n) is 1.88. The molecule has 0 unspecified atom stereocenters. The molecule has 0 saturated carbocycles. The highest BCUT2D eigenvalue weighted by atomic mass is 15.0. The van der Waals surface area contributed by atoms with Crippen LogP contribution in [-0.4, -0.2) is 15.0 Å². The number of rotatable bonds is 1. The number of hydrogen-bond donors (Lipinski definition) is 1. The highest BCUT2D eigenvalue weighted by Crippen LogP contribution is 2.21. The lowest BCUT2D eigenvalue weighted by Crippen LogP contribution is -2.01. The van der Waals surface area contributed by atoms with Gasteiger partial charge in [-0.1, -0.05) is 25.1 Å². The van der Waals surface area contributed by atoms with Crippen molar-refractivity contribution in [3.8, 4) is 0 Å². The summed E-state index contributed by atoms with van der Waals surface area (Å²) in [7, 11) is 0. The van der Waals surface area contributed by atoms with E-state index in [-0.39, 0.29) is 0 Å². The summed E-state index contributed by atoms with van der Waals surface area (Å²) in [4.78, 5) is 13.2. The fourth-order valence-corrected chi connectivity index (χ4v) is 1.88. The summed E-state index contributed by atoms with van der Waals surface area (Å²) in [6, 6.07) is 9.92. The van der Waals surface area contributed by atoms with Gasteiger partial charge in [0.25, 0.3) is 0 Å². The van der Waals surface area contributed by atoms with Crippen LogP contribution in [0.15, 0.2) is 30.3 Å². The SMILES string of the molecule is CCc1nc(N)c2cc3ccccc3nc2n1. The van der Waals surface area contributed by atoms with Crippen LogP contribution in [0.3, 0.4) is 0 Å². The predicted octanol–water partition coefficient (Wildman–Crippen LogP) is 2.32. The Morgan fingerprint density at radius 1 is 1.12 bits per heavy atom. The van der Waals surface area contributed by atoms with Gasteiger partial charge in [0.2, 0.25) is 0 Å². The van der Waals surface area contributed by atoms with Crippen LogP contribution >= 0.6 is 0 Å². The molecule has 2 aromatic heterocycles. The van der Waals surface area contributed by atoms with E-state index < -0.39 is 0 Å². The first-order chi connectivity index (χ1) is 8.28. The van der Waals surface area contributed by atoms with Gasteiger partial charge in [-0.2, -0.15) is 0 Å². The van der Waals surface area contributed by atoms with E-state index in [0.717, 1.165) is 28.5 Å². The van der Waals surface area contributed by atoms with Gasteiger partial charge in [-0.15, -0.1) is 0 Å². The van der Waals surface area contributed by atoms with Gasteiger partial charge in [0.1, 0.15) is 11.6 Å². The summed E-state index contributed by atoms with van der Waals surface area (Å²) in [5, 5.41) is 1.88. The minimum atomic E-state index is 0.505. The van der Waals surface area contributed by atoms with E-state index in [1.165, 1.54) is 0 Å². The molecule has 0 aliphatic heterocycles. The minimum absolute atomic E-state index is 0.505. The second-order valence-corrected chi connectivity index (χ2v) is 3.93. The third-order valence-corrected chi connectivity index (χ3v) is 2.78. The number of hydrogen-bond acceptors (Lipinski definition) is 4. The second-order valence-electron chi connectivity index (χ2n) is 3.93. The first-order valence-electron chi connectivity index (χ1n) is 5.60. The molecule has 0 aliphatic rings. The molecular weight excluding hydrogens is 212 g/mol. The molecule has 17 heavy (non-hydrogen) atoms. The summed E-state index contributed by atoms with van der Waals surface area (Å²) in [6.45, 7) is 2.00. The Balaban J connectivity index is 2.43. The second kappa shape index (κ2) is 3.66. The maximum Gasteiger partial charge on any atom is 0.165 e. The molecule has 2 N–H and O–H groups in total. The van der Waals surface area contributed by atoms with Crippen LogP contribution < -0.4 is 5.73 Å². The molecule has 4 nitrogen and oxygen atoms in total.